The van der Waals surface area contributed by atoms with Gasteiger partial charge in [0, 0.05) is 0 Å². The minimum atomic E-state index is -1.19. The van der Waals surface area contributed by atoms with Gasteiger partial charge < -0.3 is 19.7 Å². The molecule has 0 spiro atoms. The fraction of sp³-hybridized carbons (Fsp3) is 0.308. The van der Waals surface area contributed by atoms with Gasteiger partial charge in [0.25, 0.3) is 0 Å². The second-order valence-electron chi connectivity index (χ2n) is 3.89. The van der Waals surface area contributed by atoms with Crippen LogP contribution in [0.1, 0.15) is 5.56 Å². The molecule has 2 N–H and O–H groups in total. The minimum absolute atomic E-state index is 0.243. The molecule has 0 amide bonds. The summed E-state index contributed by atoms with van der Waals surface area (Å²) in [6, 6.07) is 8.92. The van der Waals surface area contributed by atoms with Gasteiger partial charge in [0.1, 0.15) is 11.7 Å². The third kappa shape index (κ3) is 2.10. The highest BCUT2D eigenvalue weighted by molar-refractivity contribution is 6.19. The SMILES string of the molecule is COC1=C(c2ccccc2)C(=O)O[C@@H]1[C@@H](O)CO. The first kappa shape index (κ1) is 12.6. The zero-order valence-electron chi connectivity index (χ0n) is 9.87. The minimum Gasteiger partial charge on any atom is -0.496 e. The number of rotatable bonds is 4. The molecule has 96 valence electrons. The van der Waals surface area contributed by atoms with Crippen LogP contribution < -0.4 is 0 Å². The third-order valence-corrected chi connectivity index (χ3v) is 2.76. The molecule has 0 unspecified atom stereocenters. The summed E-state index contributed by atoms with van der Waals surface area (Å²) >= 11 is 0. The zero-order chi connectivity index (χ0) is 13.1. The first-order valence-corrected chi connectivity index (χ1v) is 5.52. The zero-order valence-corrected chi connectivity index (χ0v) is 9.87. The number of methoxy groups -OCH3 is 1. The number of hydrogen-bond donors (Lipinski definition) is 2. The Morgan fingerprint density at radius 1 is 1.39 bits per heavy atom. The van der Waals surface area contributed by atoms with E-state index < -0.39 is 24.8 Å². The topological polar surface area (TPSA) is 76.0 Å². The number of ether oxygens (including phenoxy) is 2. The summed E-state index contributed by atoms with van der Waals surface area (Å²) in [6.45, 7) is -0.507. The van der Waals surface area contributed by atoms with E-state index in [1.54, 1.807) is 24.3 Å². The van der Waals surface area contributed by atoms with E-state index in [-0.39, 0.29) is 11.3 Å². The maximum atomic E-state index is 11.8. The summed E-state index contributed by atoms with van der Waals surface area (Å²) in [7, 11) is 1.40. The number of aliphatic hydroxyl groups excluding tert-OH is 2. The van der Waals surface area contributed by atoms with E-state index in [9.17, 15) is 9.90 Å². The fourth-order valence-electron chi connectivity index (χ4n) is 1.90. The smallest absolute Gasteiger partial charge is 0.343 e. The molecule has 5 nitrogen and oxygen atoms in total. The maximum Gasteiger partial charge on any atom is 0.343 e. The van der Waals surface area contributed by atoms with Crippen LogP contribution in [0.25, 0.3) is 5.57 Å². The van der Waals surface area contributed by atoms with E-state index in [0.29, 0.717) is 5.56 Å². The van der Waals surface area contributed by atoms with Crippen molar-refractivity contribution in [1.29, 1.82) is 0 Å². The Balaban J connectivity index is 2.44. The lowest BCUT2D eigenvalue weighted by molar-refractivity contribution is -0.144. The van der Waals surface area contributed by atoms with Crippen molar-refractivity contribution in [2.45, 2.75) is 12.2 Å². The van der Waals surface area contributed by atoms with Gasteiger partial charge in [0.15, 0.2) is 11.9 Å². The Kier molecular flexibility index (Phi) is 3.64. The third-order valence-electron chi connectivity index (χ3n) is 2.76. The van der Waals surface area contributed by atoms with E-state index >= 15 is 0 Å². The molecule has 1 aliphatic heterocycles. The summed E-state index contributed by atoms with van der Waals surface area (Å²) in [6.07, 6.45) is -2.15. The Bertz CT molecular complexity index is 466. The van der Waals surface area contributed by atoms with Crippen LogP contribution in [0.4, 0.5) is 0 Å². The Hall–Kier alpha value is -1.85. The predicted molar refractivity (Wildman–Crippen MR) is 63.3 cm³/mol. The van der Waals surface area contributed by atoms with Crippen molar-refractivity contribution < 1.29 is 24.5 Å². The molecule has 0 saturated heterocycles. The molecule has 5 heteroatoms. The molecule has 2 atom stereocenters. The molecule has 0 aromatic heterocycles. The maximum absolute atomic E-state index is 11.8. The quantitative estimate of drug-likeness (QED) is 0.753. The molecular formula is C13H14O5. The van der Waals surface area contributed by atoms with Crippen LogP contribution in [0, 0.1) is 0 Å². The monoisotopic (exact) mass is 250 g/mol. The highest BCUT2D eigenvalue weighted by Crippen LogP contribution is 2.32. The van der Waals surface area contributed by atoms with E-state index in [0.717, 1.165) is 0 Å². The highest BCUT2D eigenvalue weighted by atomic mass is 16.6. The van der Waals surface area contributed by atoms with Gasteiger partial charge >= 0.3 is 5.97 Å². The highest BCUT2D eigenvalue weighted by Gasteiger charge is 2.40. The fourth-order valence-corrected chi connectivity index (χ4v) is 1.90. The molecule has 0 aliphatic carbocycles. The number of benzene rings is 1. The number of cyclic esters (lactones) is 1. The van der Waals surface area contributed by atoms with E-state index in [1.807, 2.05) is 6.07 Å². The van der Waals surface area contributed by atoms with Crippen molar-refractivity contribution in [3.63, 3.8) is 0 Å². The van der Waals surface area contributed by atoms with Gasteiger partial charge in [-0.05, 0) is 5.56 Å². The average Bonchev–Trinajstić information content (AvgIpc) is 2.75. The number of aliphatic hydroxyl groups is 2. The second-order valence-corrected chi connectivity index (χ2v) is 3.89. The number of esters is 1. The van der Waals surface area contributed by atoms with Gasteiger partial charge in [-0.3, -0.25) is 0 Å². The molecule has 1 aliphatic rings. The van der Waals surface area contributed by atoms with Crippen LogP contribution in [0.15, 0.2) is 36.1 Å². The molecule has 1 aromatic rings. The molecular weight excluding hydrogens is 236 g/mol. The summed E-state index contributed by atoms with van der Waals surface area (Å²) in [4.78, 5) is 11.8. The van der Waals surface area contributed by atoms with Crippen LogP contribution in [0.5, 0.6) is 0 Å². The molecule has 18 heavy (non-hydrogen) atoms. The normalized spacial score (nSPS) is 20.8. The Morgan fingerprint density at radius 3 is 2.61 bits per heavy atom. The van der Waals surface area contributed by atoms with E-state index in [2.05, 4.69) is 0 Å². The van der Waals surface area contributed by atoms with Gasteiger partial charge in [-0.2, -0.15) is 0 Å². The van der Waals surface area contributed by atoms with Crippen molar-refractivity contribution in [2.75, 3.05) is 13.7 Å². The Morgan fingerprint density at radius 2 is 2.06 bits per heavy atom. The summed E-state index contributed by atoms with van der Waals surface area (Å²) in [5.41, 5.74) is 0.947. The number of hydrogen-bond acceptors (Lipinski definition) is 5. The van der Waals surface area contributed by atoms with Gasteiger partial charge in [-0.15, -0.1) is 0 Å². The largest absolute Gasteiger partial charge is 0.496 e. The van der Waals surface area contributed by atoms with Crippen LogP contribution >= 0.6 is 0 Å². The van der Waals surface area contributed by atoms with Crippen LogP contribution in [0.3, 0.4) is 0 Å². The standard InChI is InChI=1S/C13H14O5/c1-17-12-10(8-5-3-2-4-6-8)13(16)18-11(12)9(15)7-14/h2-6,9,11,14-15H,7H2,1H3/t9-,11+/m0/s1. The summed E-state index contributed by atoms with van der Waals surface area (Å²) in [5.74, 6) is -0.316. The van der Waals surface area contributed by atoms with Gasteiger partial charge in [-0.25, -0.2) is 4.79 Å². The molecule has 0 fully saturated rings. The van der Waals surface area contributed by atoms with Crippen molar-refractivity contribution in [2.24, 2.45) is 0 Å². The van der Waals surface area contributed by atoms with Crippen LogP contribution in [-0.2, 0) is 14.3 Å². The molecule has 2 rings (SSSR count). The summed E-state index contributed by atoms with van der Waals surface area (Å²) in [5, 5.41) is 18.5. The van der Waals surface area contributed by atoms with E-state index in [1.165, 1.54) is 7.11 Å². The number of carbonyl (C=O) groups is 1. The van der Waals surface area contributed by atoms with Crippen LogP contribution in [-0.4, -0.2) is 42.1 Å². The molecule has 0 saturated carbocycles. The van der Waals surface area contributed by atoms with Crippen molar-refractivity contribution in [3.05, 3.63) is 41.7 Å². The van der Waals surface area contributed by atoms with Crippen molar-refractivity contribution >= 4 is 11.5 Å². The van der Waals surface area contributed by atoms with Gasteiger partial charge in [0.2, 0.25) is 0 Å². The van der Waals surface area contributed by atoms with Gasteiger partial charge in [-0.1, -0.05) is 30.3 Å². The number of carbonyl (C=O) groups excluding carboxylic acids is 1. The first-order valence-electron chi connectivity index (χ1n) is 5.52. The molecule has 0 radical (unpaired) electrons. The molecule has 0 bridgehead atoms. The lowest BCUT2D eigenvalue weighted by Crippen LogP contribution is -2.32. The van der Waals surface area contributed by atoms with Gasteiger partial charge in [0.05, 0.1) is 13.7 Å². The lowest BCUT2D eigenvalue weighted by atomic mass is 10.0. The molecule has 1 heterocycles. The van der Waals surface area contributed by atoms with E-state index in [4.69, 9.17) is 14.6 Å². The second kappa shape index (κ2) is 5.20. The van der Waals surface area contributed by atoms with Crippen LogP contribution in [0.2, 0.25) is 0 Å². The van der Waals surface area contributed by atoms with Crippen molar-refractivity contribution in [3.8, 4) is 0 Å². The Labute approximate surface area is 104 Å². The molecule has 1 aromatic carbocycles. The predicted octanol–water partition coefficient (Wildman–Crippen LogP) is 0.323. The average molecular weight is 250 g/mol. The first-order chi connectivity index (χ1) is 8.69. The summed E-state index contributed by atoms with van der Waals surface area (Å²) < 4.78 is 10.2. The lowest BCUT2D eigenvalue weighted by Gasteiger charge is -2.17. The van der Waals surface area contributed by atoms with Crippen molar-refractivity contribution in [1.82, 2.24) is 0 Å².